The quantitative estimate of drug-likeness (QED) is 0.491. The maximum atomic E-state index is 12.2. The number of hydrogen-bond acceptors (Lipinski definition) is 5. The third-order valence-electron chi connectivity index (χ3n) is 3.43. The summed E-state index contributed by atoms with van der Waals surface area (Å²) in [4.78, 5) is 35.0. The topological polar surface area (TPSA) is 127 Å². The number of carbonyl (C=O) groups is 3. The molecule has 0 aliphatic carbocycles. The van der Waals surface area contributed by atoms with Gasteiger partial charge in [0.05, 0.1) is 6.54 Å². The van der Waals surface area contributed by atoms with Crippen LogP contribution in [0.15, 0.2) is 36.3 Å². The lowest BCUT2D eigenvalue weighted by atomic mass is 10.0. The number of hydrogen-bond donors (Lipinski definition) is 3. The van der Waals surface area contributed by atoms with Crippen molar-refractivity contribution in [1.29, 1.82) is 0 Å². The van der Waals surface area contributed by atoms with E-state index < -0.39 is 28.3 Å². The molecule has 9 heteroatoms. The maximum absolute atomic E-state index is 12.2. The minimum atomic E-state index is -3.56. The standard InChI is InChI=1S/C15H17N3O5S/c1-2-24(22,23)16-9-10-4-3-5-11(8-10)14(20)17-12-6-7-13(19)18-15(12)21/h2-5,8,12H,1,6-7,9H2,(H3-,16,17,18,19,20,21,22,23). The van der Waals surface area contributed by atoms with Gasteiger partial charge in [0.15, 0.2) is 0 Å². The van der Waals surface area contributed by atoms with Crippen molar-refractivity contribution in [3.63, 3.8) is 0 Å². The Morgan fingerprint density at radius 3 is 2.88 bits per heavy atom. The normalized spacial score (nSPS) is 20.0. The lowest BCUT2D eigenvalue weighted by molar-refractivity contribution is -0.134. The average molecular weight is 351 g/mol. The Hall–Kier alpha value is -2.36. The van der Waals surface area contributed by atoms with E-state index in [1.54, 1.807) is 18.2 Å². The van der Waals surface area contributed by atoms with Crippen molar-refractivity contribution in [2.45, 2.75) is 25.4 Å². The predicted molar refractivity (Wildman–Crippen MR) is 85.9 cm³/mol. The Morgan fingerprint density at radius 1 is 1.46 bits per heavy atom. The Bertz CT molecular complexity index is 734. The first-order chi connectivity index (χ1) is 11.3. The number of carbonyl (C=O) groups excluding carboxylic acids is 3. The van der Waals surface area contributed by atoms with Crippen molar-refractivity contribution < 1.29 is 23.1 Å². The van der Waals surface area contributed by atoms with E-state index in [0.29, 0.717) is 5.56 Å². The molecule has 1 aromatic rings. The van der Waals surface area contributed by atoms with Crippen molar-refractivity contribution in [1.82, 2.24) is 15.4 Å². The molecule has 0 radical (unpaired) electrons. The molecular formula is C15H17N3O5S. The van der Waals surface area contributed by atoms with Gasteiger partial charge in [-0.2, -0.15) is 0 Å². The SMILES string of the molecule is C=C[S+](=O)([O-])NCc1cccc(C(=O)NC2CCC(=O)NC2=O)c1. The van der Waals surface area contributed by atoms with Crippen molar-refractivity contribution in [3.05, 3.63) is 47.4 Å². The van der Waals surface area contributed by atoms with Crippen LogP contribution in [0.25, 0.3) is 0 Å². The van der Waals surface area contributed by atoms with E-state index in [1.807, 2.05) is 0 Å². The number of benzene rings is 1. The van der Waals surface area contributed by atoms with Crippen LogP contribution in [0, 0.1) is 0 Å². The van der Waals surface area contributed by atoms with Crippen molar-refractivity contribution in [2.24, 2.45) is 0 Å². The van der Waals surface area contributed by atoms with Crippen LogP contribution in [0.2, 0.25) is 0 Å². The molecule has 1 aromatic carbocycles. The van der Waals surface area contributed by atoms with Crippen LogP contribution in [-0.2, 0) is 30.7 Å². The summed E-state index contributed by atoms with van der Waals surface area (Å²) in [5, 5.41) is 5.52. The van der Waals surface area contributed by atoms with Gasteiger partial charge < -0.3 is 9.87 Å². The molecule has 3 amide bonds. The number of sulfonamides is 1. The second-order valence-corrected chi connectivity index (χ2v) is 6.92. The molecule has 2 atom stereocenters. The summed E-state index contributed by atoms with van der Waals surface area (Å²) in [5.74, 6) is -1.37. The van der Waals surface area contributed by atoms with Gasteiger partial charge in [0.1, 0.15) is 21.8 Å². The Kier molecular flexibility index (Phi) is 5.60. The average Bonchev–Trinajstić information content (AvgIpc) is 2.56. The number of imide groups is 1. The molecule has 0 aromatic heterocycles. The number of amides is 3. The van der Waals surface area contributed by atoms with E-state index in [0.717, 1.165) is 5.41 Å². The Balaban J connectivity index is 2.01. The minimum absolute atomic E-state index is 0.00783. The zero-order chi connectivity index (χ0) is 17.7. The van der Waals surface area contributed by atoms with E-state index >= 15 is 0 Å². The van der Waals surface area contributed by atoms with Gasteiger partial charge in [0, 0.05) is 12.0 Å². The molecule has 0 bridgehead atoms. The van der Waals surface area contributed by atoms with Gasteiger partial charge in [-0.15, -0.1) is 4.72 Å². The Morgan fingerprint density at radius 2 is 2.21 bits per heavy atom. The first kappa shape index (κ1) is 18.0. The van der Waals surface area contributed by atoms with E-state index in [9.17, 15) is 23.1 Å². The van der Waals surface area contributed by atoms with Crippen LogP contribution in [0.3, 0.4) is 0 Å². The van der Waals surface area contributed by atoms with Crippen molar-refractivity contribution in [3.8, 4) is 0 Å². The third-order valence-corrected chi connectivity index (χ3v) is 4.42. The predicted octanol–water partition coefficient (Wildman–Crippen LogP) is -0.000400. The summed E-state index contributed by atoms with van der Waals surface area (Å²) in [6.07, 6.45) is 0.412. The first-order valence-corrected chi connectivity index (χ1v) is 8.71. The van der Waals surface area contributed by atoms with Gasteiger partial charge in [-0.05, 0) is 30.7 Å². The van der Waals surface area contributed by atoms with Crippen LogP contribution in [0.1, 0.15) is 28.8 Å². The monoisotopic (exact) mass is 351 g/mol. The number of piperidine rings is 1. The molecule has 128 valence electrons. The van der Waals surface area contributed by atoms with Crippen LogP contribution in [0.4, 0.5) is 0 Å². The van der Waals surface area contributed by atoms with Crippen LogP contribution in [0.5, 0.6) is 0 Å². The summed E-state index contributed by atoms with van der Waals surface area (Å²) in [5.41, 5.74) is 0.867. The second-order valence-electron chi connectivity index (χ2n) is 5.21. The fourth-order valence-corrected chi connectivity index (χ4v) is 2.62. The smallest absolute Gasteiger partial charge is 0.251 e. The zero-order valence-electron chi connectivity index (χ0n) is 12.7. The molecule has 2 rings (SSSR count). The highest BCUT2D eigenvalue weighted by molar-refractivity contribution is 7.98. The molecule has 1 fully saturated rings. The fraction of sp³-hybridized carbons (Fsp3) is 0.267. The summed E-state index contributed by atoms with van der Waals surface area (Å²) < 4.78 is 25.0. The maximum Gasteiger partial charge on any atom is 0.251 e. The minimum Gasteiger partial charge on any atom is -0.593 e. The summed E-state index contributed by atoms with van der Waals surface area (Å²) in [6, 6.07) is 5.57. The lowest BCUT2D eigenvalue weighted by Crippen LogP contribution is -2.52. The van der Waals surface area contributed by atoms with E-state index in [-0.39, 0.29) is 30.9 Å². The summed E-state index contributed by atoms with van der Waals surface area (Å²) in [7, 11) is -3.56. The van der Waals surface area contributed by atoms with Gasteiger partial charge in [0.25, 0.3) is 5.91 Å². The van der Waals surface area contributed by atoms with Crippen LogP contribution in [-0.4, -0.2) is 28.3 Å². The van der Waals surface area contributed by atoms with Crippen molar-refractivity contribution in [2.75, 3.05) is 0 Å². The number of rotatable bonds is 6. The van der Waals surface area contributed by atoms with Gasteiger partial charge in [-0.3, -0.25) is 19.7 Å². The molecule has 8 nitrogen and oxygen atoms in total. The molecule has 0 saturated carbocycles. The lowest BCUT2D eigenvalue weighted by Gasteiger charge is -2.21. The van der Waals surface area contributed by atoms with Crippen molar-refractivity contribution >= 4 is 28.1 Å². The highest BCUT2D eigenvalue weighted by Gasteiger charge is 2.28. The van der Waals surface area contributed by atoms with E-state index in [1.165, 1.54) is 6.07 Å². The van der Waals surface area contributed by atoms with Crippen LogP contribution >= 0.6 is 0 Å². The number of nitrogens with one attached hydrogen (secondary N) is 3. The molecule has 24 heavy (non-hydrogen) atoms. The van der Waals surface area contributed by atoms with Gasteiger partial charge in [0.2, 0.25) is 11.8 Å². The van der Waals surface area contributed by atoms with Gasteiger partial charge in [-0.25, -0.2) is 0 Å². The summed E-state index contributed by atoms with van der Waals surface area (Å²) >= 11 is 0. The largest absolute Gasteiger partial charge is 0.593 e. The highest BCUT2D eigenvalue weighted by Crippen LogP contribution is 2.09. The molecule has 1 heterocycles. The molecule has 0 spiro atoms. The third kappa shape index (κ3) is 4.82. The highest BCUT2D eigenvalue weighted by atomic mass is 32.3. The van der Waals surface area contributed by atoms with Crippen LogP contribution < -0.4 is 15.4 Å². The molecule has 1 aliphatic rings. The first-order valence-electron chi connectivity index (χ1n) is 7.16. The Labute approximate surface area is 140 Å². The molecule has 2 unspecified atom stereocenters. The van der Waals surface area contributed by atoms with Gasteiger partial charge >= 0.3 is 0 Å². The fourth-order valence-electron chi connectivity index (χ4n) is 2.14. The van der Waals surface area contributed by atoms with Gasteiger partial charge in [-0.1, -0.05) is 16.3 Å². The molecule has 1 saturated heterocycles. The zero-order valence-corrected chi connectivity index (χ0v) is 13.6. The molecule has 1 aliphatic heterocycles. The molecular weight excluding hydrogens is 334 g/mol. The van der Waals surface area contributed by atoms with E-state index in [4.69, 9.17) is 0 Å². The van der Waals surface area contributed by atoms with E-state index in [2.05, 4.69) is 21.9 Å². The summed E-state index contributed by atoms with van der Waals surface area (Å²) in [6.45, 7) is 3.20. The second kappa shape index (κ2) is 7.47. The molecule has 3 N–H and O–H groups in total.